The Morgan fingerprint density at radius 2 is 1.87 bits per heavy atom. The quantitative estimate of drug-likeness (QED) is 0.787. The van der Waals surface area contributed by atoms with Crippen molar-refractivity contribution < 1.29 is 14.3 Å². The summed E-state index contributed by atoms with van der Waals surface area (Å²) in [6.07, 6.45) is -0.563. The molecule has 122 valence electrons. The molecule has 0 aliphatic carbocycles. The number of ether oxygens (including phenoxy) is 2. The van der Waals surface area contributed by atoms with E-state index in [1.165, 1.54) is 0 Å². The lowest BCUT2D eigenvalue weighted by Crippen LogP contribution is -2.38. The van der Waals surface area contributed by atoms with Gasteiger partial charge in [-0.1, -0.05) is 29.8 Å². The molecule has 23 heavy (non-hydrogen) atoms. The van der Waals surface area contributed by atoms with E-state index in [0.29, 0.717) is 29.7 Å². The highest BCUT2D eigenvalue weighted by Crippen LogP contribution is 2.18. The predicted molar refractivity (Wildman–Crippen MR) is 91.2 cm³/mol. The van der Waals surface area contributed by atoms with Crippen LogP contribution in [0.5, 0.6) is 11.5 Å². The minimum atomic E-state index is -0.563. The molecule has 0 aliphatic heterocycles. The highest BCUT2D eigenvalue weighted by Gasteiger charge is 2.14. The number of benzene rings is 2. The molecule has 0 aromatic heterocycles. The van der Waals surface area contributed by atoms with Crippen LogP contribution in [0.3, 0.4) is 0 Å². The molecule has 0 bridgehead atoms. The van der Waals surface area contributed by atoms with Crippen LogP contribution in [-0.4, -0.2) is 25.2 Å². The average Bonchev–Trinajstić information content (AvgIpc) is 2.55. The molecule has 1 N–H and O–H groups in total. The molecule has 0 heterocycles. The number of amides is 1. The van der Waals surface area contributed by atoms with Gasteiger partial charge in [0.25, 0.3) is 5.91 Å². The number of halogens is 1. The van der Waals surface area contributed by atoms with E-state index >= 15 is 0 Å². The molecular formula is C18H20ClNO3. The maximum Gasteiger partial charge on any atom is 0.260 e. The molecule has 1 atom stereocenters. The van der Waals surface area contributed by atoms with Crippen molar-refractivity contribution >= 4 is 17.5 Å². The van der Waals surface area contributed by atoms with E-state index in [0.717, 1.165) is 5.56 Å². The standard InChI is InChI=1S/C18H20ClNO3/c1-13-5-3-4-6-17(13)23-14(2)18(21)20-11-12-22-16-9-7-15(19)8-10-16/h3-10,14H,11-12H2,1-2H3,(H,20,21)/t14-/m0/s1. The van der Waals surface area contributed by atoms with Gasteiger partial charge >= 0.3 is 0 Å². The van der Waals surface area contributed by atoms with Crippen molar-refractivity contribution in [2.45, 2.75) is 20.0 Å². The molecular weight excluding hydrogens is 314 g/mol. The lowest BCUT2D eigenvalue weighted by molar-refractivity contribution is -0.127. The van der Waals surface area contributed by atoms with Crippen molar-refractivity contribution in [3.63, 3.8) is 0 Å². The first-order valence-electron chi connectivity index (χ1n) is 7.44. The van der Waals surface area contributed by atoms with Gasteiger partial charge in [0.1, 0.15) is 18.1 Å². The Bertz CT molecular complexity index is 643. The van der Waals surface area contributed by atoms with Crippen molar-refractivity contribution in [1.29, 1.82) is 0 Å². The van der Waals surface area contributed by atoms with Crippen LogP contribution in [0.2, 0.25) is 5.02 Å². The fourth-order valence-electron chi connectivity index (χ4n) is 1.95. The molecule has 0 aliphatic rings. The van der Waals surface area contributed by atoms with Crippen LogP contribution < -0.4 is 14.8 Å². The normalized spacial score (nSPS) is 11.6. The number of carbonyl (C=O) groups is 1. The monoisotopic (exact) mass is 333 g/mol. The van der Waals surface area contributed by atoms with E-state index in [-0.39, 0.29) is 5.91 Å². The van der Waals surface area contributed by atoms with E-state index < -0.39 is 6.10 Å². The molecule has 0 spiro atoms. The molecule has 0 fully saturated rings. The Labute approximate surface area is 141 Å². The molecule has 0 saturated carbocycles. The molecule has 1 amide bonds. The second kappa shape index (κ2) is 8.44. The minimum Gasteiger partial charge on any atom is -0.492 e. The summed E-state index contributed by atoms with van der Waals surface area (Å²) in [4.78, 5) is 12.0. The molecule has 4 nitrogen and oxygen atoms in total. The fourth-order valence-corrected chi connectivity index (χ4v) is 2.08. The predicted octanol–water partition coefficient (Wildman–Crippen LogP) is 3.61. The van der Waals surface area contributed by atoms with Crippen molar-refractivity contribution in [2.24, 2.45) is 0 Å². The van der Waals surface area contributed by atoms with Gasteiger partial charge in [0.2, 0.25) is 0 Å². The van der Waals surface area contributed by atoms with Crippen LogP contribution in [0.15, 0.2) is 48.5 Å². The zero-order valence-electron chi connectivity index (χ0n) is 13.2. The maximum absolute atomic E-state index is 12.0. The Hall–Kier alpha value is -2.20. The average molecular weight is 334 g/mol. The SMILES string of the molecule is Cc1ccccc1O[C@@H](C)C(=O)NCCOc1ccc(Cl)cc1. The van der Waals surface area contributed by atoms with Crippen molar-refractivity contribution in [1.82, 2.24) is 5.32 Å². The summed E-state index contributed by atoms with van der Waals surface area (Å²) in [7, 11) is 0. The molecule has 2 aromatic rings. The van der Waals surface area contributed by atoms with Crippen LogP contribution in [0, 0.1) is 6.92 Å². The van der Waals surface area contributed by atoms with E-state index in [1.54, 1.807) is 31.2 Å². The van der Waals surface area contributed by atoms with Gasteiger partial charge in [-0.2, -0.15) is 0 Å². The highest BCUT2D eigenvalue weighted by atomic mass is 35.5. The van der Waals surface area contributed by atoms with Gasteiger partial charge in [0.15, 0.2) is 6.10 Å². The topological polar surface area (TPSA) is 47.6 Å². The zero-order valence-corrected chi connectivity index (χ0v) is 14.0. The fraction of sp³-hybridized carbons (Fsp3) is 0.278. The maximum atomic E-state index is 12.0. The second-order valence-electron chi connectivity index (χ2n) is 5.12. The number of nitrogens with one attached hydrogen (secondary N) is 1. The molecule has 0 unspecified atom stereocenters. The second-order valence-corrected chi connectivity index (χ2v) is 5.56. The van der Waals surface area contributed by atoms with Gasteiger partial charge in [-0.25, -0.2) is 0 Å². The summed E-state index contributed by atoms with van der Waals surface area (Å²) in [6, 6.07) is 14.7. The highest BCUT2D eigenvalue weighted by molar-refractivity contribution is 6.30. The van der Waals surface area contributed by atoms with Gasteiger partial charge in [0.05, 0.1) is 6.54 Å². The van der Waals surface area contributed by atoms with Gasteiger partial charge in [-0.3, -0.25) is 4.79 Å². The number of hydrogen-bond donors (Lipinski definition) is 1. The largest absolute Gasteiger partial charge is 0.492 e. The Kier molecular flexibility index (Phi) is 6.29. The molecule has 0 radical (unpaired) electrons. The van der Waals surface area contributed by atoms with Crippen LogP contribution in [0.1, 0.15) is 12.5 Å². The summed E-state index contributed by atoms with van der Waals surface area (Å²) in [5.41, 5.74) is 0.998. The molecule has 2 aromatic carbocycles. The first kappa shape index (κ1) is 17.2. The van der Waals surface area contributed by atoms with Gasteiger partial charge in [-0.05, 0) is 49.7 Å². The van der Waals surface area contributed by atoms with Gasteiger partial charge < -0.3 is 14.8 Å². The Morgan fingerprint density at radius 3 is 2.57 bits per heavy atom. The van der Waals surface area contributed by atoms with E-state index in [4.69, 9.17) is 21.1 Å². The number of rotatable bonds is 7. The Morgan fingerprint density at radius 1 is 1.17 bits per heavy atom. The van der Waals surface area contributed by atoms with E-state index in [2.05, 4.69) is 5.32 Å². The van der Waals surface area contributed by atoms with Crippen molar-refractivity contribution in [3.05, 3.63) is 59.1 Å². The molecule has 0 saturated heterocycles. The number of carbonyl (C=O) groups excluding carboxylic acids is 1. The third kappa shape index (κ3) is 5.49. The number of para-hydroxylation sites is 1. The summed E-state index contributed by atoms with van der Waals surface area (Å²) >= 11 is 5.80. The first-order valence-corrected chi connectivity index (χ1v) is 7.82. The summed E-state index contributed by atoms with van der Waals surface area (Å²) < 4.78 is 11.2. The number of aryl methyl sites for hydroxylation is 1. The van der Waals surface area contributed by atoms with Crippen LogP contribution in [-0.2, 0) is 4.79 Å². The van der Waals surface area contributed by atoms with Crippen LogP contribution in [0.4, 0.5) is 0 Å². The lowest BCUT2D eigenvalue weighted by Gasteiger charge is -2.16. The minimum absolute atomic E-state index is 0.173. The number of hydrogen-bond acceptors (Lipinski definition) is 3. The summed E-state index contributed by atoms with van der Waals surface area (Å²) in [5.74, 6) is 1.26. The lowest BCUT2D eigenvalue weighted by atomic mass is 10.2. The summed E-state index contributed by atoms with van der Waals surface area (Å²) in [5, 5.41) is 3.45. The smallest absolute Gasteiger partial charge is 0.260 e. The summed E-state index contributed by atoms with van der Waals surface area (Å²) in [6.45, 7) is 4.45. The van der Waals surface area contributed by atoms with Crippen LogP contribution >= 0.6 is 11.6 Å². The first-order chi connectivity index (χ1) is 11.1. The van der Waals surface area contributed by atoms with E-state index in [9.17, 15) is 4.79 Å². The van der Waals surface area contributed by atoms with Gasteiger partial charge in [0, 0.05) is 5.02 Å². The van der Waals surface area contributed by atoms with E-state index in [1.807, 2.05) is 31.2 Å². The third-order valence-electron chi connectivity index (χ3n) is 3.25. The molecule has 2 rings (SSSR count). The van der Waals surface area contributed by atoms with Gasteiger partial charge in [-0.15, -0.1) is 0 Å². The Balaban J connectivity index is 1.72. The zero-order chi connectivity index (χ0) is 16.7. The van der Waals surface area contributed by atoms with Crippen LogP contribution in [0.25, 0.3) is 0 Å². The van der Waals surface area contributed by atoms with Crippen molar-refractivity contribution in [3.8, 4) is 11.5 Å². The molecule has 5 heteroatoms. The van der Waals surface area contributed by atoms with Crippen molar-refractivity contribution in [2.75, 3.05) is 13.2 Å². The third-order valence-corrected chi connectivity index (χ3v) is 3.50.